The lowest BCUT2D eigenvalue weighted by molar-refractivity contribution is 0.602. The van der Waals surface area contributed by atoms with Crippen molar-refractivity contribution < 1.29 is 8.42 Å². The topological polar surface area (TPSA) is 112 Å². The third-order valence-electron chi connectivity index (χ3n) is 2.64. The van der Waals surface area contributed by atoms with Gasteiger partial charge in [0.25, 0.3) is 0 Å². The molecular formula is C12H14N4O2S. The van der Waals surface area contributed by atoms with Crippen LogP contribution in [0.2, 0.25) is 0 Å². The minimum absolute atomic E-state index is 0.117. The summed E-state index contributed by atoms with van der Waals surface area (Å²) in [5, 5.41) is 0. The van der Waals surface area contributed by atoms with Crippen molar-refractivity contribution in [3.05, 3.63) is 41.6 Å². The molecule has 0 aliphatic heterocycles. The molecule has 1 aromatic heterocycles. The van der Waals surface area contributed by atoms with E-state index in [1.54, 1.807) is 24.4 Å². The Kier molecular flexibility index (Phi) is 3.39. The van der Waals surface area contributed by atoms with Crippen LogP contribution >= 0.6 is 0 Å². The van der Waals surface area contributed by atoms with Crippen LogP contribution in [0.5, 0.6) is 0 Å². The number of nitrogens with zero attached hydrogens (tertiary/aromatic N) is 2. The molecule has 0 spiro atoms. The summed E-state index contributed by atoms with van der Waals surface area (Å²) in [7, 11) is -3.22. The molecule has 0 atom stereocenters. The SMILES string of the molecule is CS(=O)(=O)c1cccc(Cc2cnc(N)nc2N)c1. The van der Waals surface area contributed by atoms with Crippen LogP contribution in [0.4, 0.5) is 11.8 Å². The molecule has 100 valence electrons. The number of nitrogen functional groups attached to an aromatic ring is 2. The average molecular weight is 278 g/mol. The maximum Gasteiger partial charge on any atom is 0.221 e. The lowest BCUT2D eigenvalue weighted by Crippen LogP contribution is -2.04. The molecule has 0 unspecified atom stereocenters. The summed E-state index contributed by atoms with van der Waals surface area (Å²) in [6.45, 7) is 0. The summed E-state index contributed by atoms with van der Waals surface area (Å²) >= 11 is 0. The number of benzene rings is 1. The summed E-state index contributed by atoms with van der Waals surface area (Å²) in [6, 6.07) is 6.69. The molecule has 6 nitrogen and oxygen atoms in total. The van der Waals surface area contributed by atoms with Gasteiger partial charge in [0.15, 0.2) is 9.84 Å². The predicted molar refractivity (Wildman–Crippen MR) is 73.2 cm³/mol. The molecule has 19 heavy (non-hydrogen) atoms. The molecule has 0 fully saturated rings. The van der Waals surface area contributed by atoms with E-state index in [2.05, 4.69) is 9.97 Å². The molecule has 0 amide bonds. The number of sulfone groups is 1. The van der Waals surface area contributed by atoms with Crippen molar-refractivity contribution >= 4 is 21.6 Å². The van der Waals surface area contributed by atoms with Crippen LogP contribution in [0.3, 0.4) is 0 Å². The fourth-order valence-electron chi connectivity index (χ4n) is 1.68. The first-order valence-corrected chi connectivity index (χ1v) is 7.41. The first-order chi connectivity index (χ1) is 8.86. The van der Waals surface area contributed by atoms with E-state index in [1.807, 2.05) is 6.07 Å². The highest BCUT2D eigenvalue weighted by atomic mass is 32.2. The summed E-state index contributed by atoms with van der Waals surface area (Å²) in [4.78, 5) is 8.02. The number of anilines is 2. The van der Waals surface area contributed by atoms with Crippen LogP contribution in [0.15, 0.2) is 35.4 Å². The van der Waals surface area contributed by atoms with Gasteiger partial charge in [0.1, 0.15) is 5.82 Å². The standard InChI is InChI=1S/C12H14N4O2S/c1-19(17,18)10-4-2-3-8(6-10)5-9-7-15-12(14)16-11(9)13/h2-4,6-7H,5H2,1H3,(H4,13,14,15,16). The Bertz CT molecular complexity index is 713. The van der Waals surface area contributed by atoms with E-state index in [4.69, 9.17) is 11.5 Å². The zero-order valence-corrected chi connectivity index (χ0v) is 11.2. The Labute approximate surface area is 111 Å². The van der Waals surface area contributed by atoms with Gasteiger partial charge in [-0.3, -0.25) is 0 Å². The van der Waals surface area contributed by atoms with Gasteiger partial charge in [0.05, 0.1) is 4.90 Å². The van der Waals surface area contributed by atoms with Crippen molar-refractivity contribution in [3.8, 4) is 0 Å². The van der Waals surface area contributed by atoms with E-state index in [0.717, 1.165) is 5.56 Å². The first-order valence-electron chi connectivity index (χ1n) is 5.52. The largest absolute Gasteiger partial charge is 0.383 e. The Balaban J connectivity index is 2.34. The van der Waals surface area contributed by atoms with Crippen molar-refractivity contribution in [3.63, 3.8) is 0 Å². The van der Waals surface area contributed by atoms with Gasteiger partial charge in [-0.15, -0.1) is 0 Å². The van der Waals surface area contributed by atoms with Crippen molar-refractivity contribution in [1.29, 1.82) is 0 Å². The maximum atomic E-state index is 11.5. The Hall–Kier alpha value is -2.15. The van der Waals surface area contributed by atoms with Crippen LogP contribution in [-0.2, 0) is 16.3 Å². The van der Waals surface area contributed by atoms with Crippen LogP contribution in [0, 0.1) is 0 Å². The molecule has 0 aliphatic rings. The zero-order chi connectivity index (χ0) is 14.0. The minimum atomic E-state index is -3.22. The number of hydrogen-bond acceptors (Lipinski definition) is 6. The fourth-order valence-corrected chi connectivity index (χ4v) is 2.37. The summed E-state index contributed by atoms with van der Waals surface area (Å²) < 4.78 is 23.0. The van der Waals surface area contributed by atoms with Crippen LogP contribution in [0.1, 0.15) is 11.1 Å². The molecule has 2 rings (SSSR count). The predicted octanol–water partition coefficient (Wildman–Crippen LogP) is 0.635. The quantitative estimate of drug-likeness (QED) is 0.851. The third-order valence-corrected chi connectivity index (χ3v) is 3.75. The lowest BCUT2D eigenvalue weighted by atomic mass is 10.1. The molecule has 1 aromatic carbocycles. The summed E-state index contributed by atoms with van der Waals surface area (Å²) in [5.74, 6) is 0.420. The highest BCUT2D eigenvalue weighted by molar-refractivity contribution is 7.90. The molecule has 7 heteroatoms. The van der Waals surface area contributed by atoms with E-state index in [1.165, 1.54) is 6.26 Å². The highest BCUT2D eigenvalue weighted by Crippen LogP contribution is 2.17. The van der Waals surface area contributed by atoms with E-state index in [-0.39, 0.29) is 10.8 Å². The van der Waals surface area contributed by atoms with Gasteiger partial charge >= 0.3 is 0 Å². The van der Waals surface area contributed by atoms with Crippen LogP contribution < -0.4 is 11.5 Å². The van der Waals surface area contributed by atoms with Crippen molar-refractivity contribution in [1.82, 2.24) is 9.97 Å². The van der Waals surface area contributed by atoms with Crippen LogP contribution in [0.25, 0.3) is 0 Å². The molecule has 0 radical (unpaired) electrons. The van der Waals surface area contributed by atoms with E-state index >= 15 is 0 Å². The number of nitrogens with two attached hydrogens (primary N) is 2. The molecule has 0 saturated carbocycles. The number of rotatable bonds is 3. The normalized spacial score (nSPS) is 11.4. The van der Waals surface area contributed by atoms with Gasteiger partial charge in [-0.2, -0.15) is 4.98 Å². The van der Waals surface area contributed by atoms with Gasteiger partial charge in [0, 0.05) is 24.4 Å². The van der Waals surface area contributed by atoms with Gasteiger partial charge in [-0.05, 0) is 17.7 Å². The fraction of sp³-hybridized carbons (Fsp3) is 0.167. The van der Waals surface area contributed by atoms with E-state index < -0.39 is 9.84 Å². The lowest BCUT2D eigenvalue weighted by Gasteiger charge is -2.06. The minimum Gasteiger partial charge on any atom is -0.383 e. The second kappa shape index (κ2) is 4.85. The summed E-state index contributed by atoms with van der Waals surface area (Å²) in [6.07, 6.45) is 3.17. The Morgan fingerprint density at radius 2 is 2.00 bits per heavy atom. The molecule has 2 aromatic rings. The zero-order valence-electron chi connectivity index (χ0n) is 10.4. The Morgan fingerprint density at radius 3 is 2.63 bits per heavy atom. The second-order valence-electron chi connectivity index (χ2n) is 4.24. The molecule has 4 N–H and O–H groups in total. The van der Waals surface area contributed by atoms with Gasteiger partial charge in [0.2, 0.25) is 5.95 Å². The third kappa shape index (κ3) is 3.19. The van der Waals surface area contributed by atoms with Gasteiger partial charge < -0.3 is 11.5 Å². The Morgan fingerprint density at radius 1 is 1.26 bits per heavy atom. The van der Waals surface area contributed by atoms with Crippen molar-refractivity contribution in [2.24, 2.45) is 0 Å². The first kappa shape index (κ1) is 13.3. The molecule has 0 aliphatic carbocycles. The second-order valence-corrected chi connectivity index (χ2v) is 6.25. The molecule has 0 bridgehead atoms. The molecular weight excluding hydrogens is 264 g/mol. The van der Waals surface area contributed by atoms with Crippen molar-refractivity contribution in [2.45, 2.75) is 11.3 Å². The number of aromatic nitrogens is 2. The molecule has 0 saturated heterocycles. The summed E-state index contributed by atoms with van der Waals surface area (Å²) in [5.41, 5.74) is 12.7. The van der Waals surface area contributed by atoms with E-state index in [9.17, 15) is 8.42 Å². The average Bonchev–Trinajstić information content (AvgIpc) is 2.32. The van der Waals surface area contributed by atoms with E-state index in [0.29, 0.717) is 17.8 Å². The number of hydrogen-bond donors (Lipinski definition) is 2. The molecule has 1 heterocycles. The smallest absolute Gasteiger partial charge is 0.221 e. The van der Waals surface area contributed by atoms with Crippen LogP contribution in [-0.4, -0.2) is 24.6 Å². The maximum absolute atomic E-state index is 11.5. The van der Waals surface area contributed by atoms with Gasteiger partial charge in [-0.25, -0.2) is 13.4 Å². The van der Waals surface area contributed by atoms with Crippen molar-refractivity contribution in [2.75, 3.05) is 17.7 Å². The highest BCUT2D eigenvalue weighted by Gasteiger charge is 2.09. The van der Waals surface area contributed by atoms with Gasteiger partial charge in [-0.1, -0.05) is 12.1 Å². The monoisotopic (exact) mass is 278 g/mol.